The van der Waals surface area contributed by atoms with E-state index < -0.39 is 0 Å². The van der Waals surface area contributed by atoms with Gasteiger partial charge in [-0.3, -0.25) is 4.79 Å². The lowest BCUT2D eigenvalue weighted by atomic mass is 10.0. The Morgan fingerprint density at radius 2 is 1.88 bits per heavy atom. The number of aliphatic hydroxyl groups excluding tert-OH is 1. The number of hydrogen-bond acceptors (Lipinski definition) is 3. The zero-order valence-corrected chi connectivity index (χ0v) is 14.7. The highest BCUT2D eigenvalue weighted by Gasteiger charge is 2.08. The first-order valence-electron chi connectivity index (χ1n) is 9.03. The van der Waals surface area contributed by atoms with Crippen LogP contribution in [0.15, 0.2) is 42.5 Å². The third-order valence-corrected chi connectivity index (χ3v) is 4.51. The second-order valence-corrected chi connectivity index (χ2v) is 6.51. The molecule has 0 unspecified atom stereocenters. The largest absolute Gasteiger partial charge is 0.389 e. The summed E-state index contributed by atoms with van der Waals surface area (Å²) in [6.45, 7) is -0.353. The Labute approximate surface area is 152 Å². The van der Waals surface area contributed by atoms with Gasteiger partial charge in [-0.25, -0.2) is 9.37 Å². The molecule has 136 valence electrons. The van der Waals surface area contributed by atoms with Crippen molar-refractivity contribution >= 4 is 16.8 Å². The van der Waals surface area contributed by atoms with Crippen molar-refractivity contribution in [2.45, 2.75) is 38.5 Å². The summed E-state index contributed by atoms with van der Waals surface area (Å²) in [5.74, 6) is 0.608. The minimum absolute atomic E-state index is 0.0899. The average molecular weight is 354 g/mol. The number of Topliss-reactive ketones (excluding diaryl/α,β-unsaturated/α-hetero) is 1. The lowest BCUT2D eigenvalue weighted by Gasteiger charge is -2.02. The monoisotopic (exact) mass is 354 g/mol. The molecule has 0 saturated carbocycles. The van der Waals surface area contributed by atoms with Gasteiger partial charge in [-0.15, -0.1) is 0 Å². The Bertz CT molecular complexity index is 889. The molecule has 0 radical (unpaired) electrons. The third kappa shape index (κ3) is 4.55. The van der Waals surface area contributed by atoms with Crippen molar-refractivity contribution in [3.8, 4) is 11.1 Å². The van der Waals surface area contributed by atoms with Crippen LogP contribution in [-0.4, -0.2) is 27.5 Å². The molecular formula is C21H23FN2O2. The summed E-state index contributed by atoms with van der Waals surface area (Å²) < 4.78 is 14.0. The molecule has 2 N–H and O–H groups in total. The molecule has 3 rings (SSSR count). The number of ketones is 1. The highest BCUT2D eigenvalue weighted by molar-refractivity contribution is 5.82. The standard InChI is InChI=1S/C21H23FN2O2/c22-18-9-6-5-8-17(18)15-11-12-19-20(13-15)24-21(23-19)10-4-2-1-3-7-16(26)14-25/h5-6,8-9,11-13,25H,1-4,7,10,14H2,(H,23,24). The van der Waals surface area contributed by atoms with Crippen LogP contribution in [0.1, 0.15) is 37.9 Å². The van der Waals surface area contributed by atoms with Crippen LogP contribution in [-0.2, 0) is 11.2 Å². The second kappa shape index (κ2) is 8.72. The van der Waals surface area contributed by atoms with E-state index in [0.29, 0.717) is 12.0 Å². The van der Waals surface area contributed by atoms with Gasteiger partial charge in [-0.05, 0) is 36.6 Å². The molecule has 0 bridgehead atoms. The van der Waals surface area contributed by atoms with Gasteiger partial charge in [0.15, 0.2) is 5.78 Å². The van der Waals surface area contributed by atoms with E-state index in [-0.39, 0.29) is 18.2 Å². The number of aromatic nitrogens is 2. The predicted molar refractivity (Wildman–Crippen MR) is 100 cm³/mol. The number of unbranched alkanes of at least 4 members (excludes halogenated alkanes) is 3. The highest BCUT2D eigenvalue weighted by Crippen LogP contribution is 2.25. The SMILES string of the molecule is O=C(CO)CCCCCCc1nc2ccc(-c3ccccc3F)cc2[nH]1. The van der Waals surface area contributed by atoms with Gasteiger partial charge in [-0.1, -0.05) is 37.1 Å². The van der Waals surface area contributed by atoms with Crippen molar-refractivity contribution in [3.05, 3.63) is 54.1 Å². The second-order valence-electron chi connectivity index (χ2n) is 6.51. The summed E-state index contributed by atoms with van der Waals surface area (Å²) in [6, 6.07) is 12.5. The Hall–Kier alpha value is -2.53. The van der Waals surface area contributed by atoms with Crippen molar-refractivity contribution in [2.24, 2.45) is 0 Å². The van der Waals surface area contributed by atoms with E-state index in [9.17, 15) is 9.18 Å². The number of H-pyrrole nitrogens is 1. The fourth-order valence-electron chi connectivity index (χ4n) is 3.09. The molecule has 0 aliphatic carbocycles. The summed E-state index contributed by atoms with van der Waals surface area (Å²) in [5, 5.41) is 8.68. The topological polar surface area (TPSA) is 66.0 Å². The van der Waals surface area contributed by atoms with Crippen LogP contribution >= 0.6 is 0 Å². The number of fused-ring (bicyclic) bond motifs is 1. The maximum Gasteiger partial charge on any atom is 0.158 e. The molecule has 0 atom stereocenters. The molecule has 26 heavy (non-hydrogen) atoms. The Morgan fingerprint density at radius 3 is 2.69 bits per heavy atom. The first-order chi connectivity index (χ1) is 12.7. The zero-order chi connectivity index (χ0) is 18.4. The number of imidazole rings is 1. The van der Waals surface area contributed by atoms with Gasteiger partial charge in [0.1, 0.15) is 18.2 Å². The number of carbonyl (C=O) groups excluding carboxylic acids is 1. The molecule has 0 aliphatic heterocycles. The van der Waals surface area contributed by atoms with Crippen molar-refractivity contribution in [1.29, 1.82) is 0 Å². The van der Waals surface area contributed by atoms with Crippen LogP contribution in [0.5, 0.6) is 0 Å². The average Bonchev–Trinajstić information content (AvgIpc) is 3.06. The van der Waals surface area contributed by atoms with Gasteiger partial charge in [0, 0.05) is 18.4 Å². The number of rotatable bonds is 9. The van der Waals surface area contributed by atoms with Crippen molar-refractivity contribution in [2.75, 3.05) is 6.61 Å². The van der Waals surface area contributed by atoms with Crippen LogP contribution in [0.2, 0.25) is 0 Å². The van der Waals surface area contributed by atoms with Gasteiger partial charge >= 0.3 is 0 Å². The zero-order valence-electron chi connectivity index (χ0n) is 14.7. The van der Waals surface area contributed by atoms with Crippen LogP contribution < -0.4 is 0 Å². The minimum atomic E-state index is -0.353. The third-order valence-electron chi connectivity index (χ3n) is 4.51. The fourth-order valence-corrected chi connectivity index (χ4v) is 3.09. The van der Waals surface area contributed by atoms with E-state index in [1.807, 2.05) is 24.3 Å². The minimum Gasteiger partial charge on any atom is -0.389 e. The molecule has 0 fully saturated rings. The summed E-state index contributed by atoms with van der Waals surface area (Å²) in [5.41, 5.74) is 3.21. The molecule has 0 aliphatic rings. The number of nitrogens with zero attached hydrogens (tertiary/aromatic N) is 1. The molecule has 2 aromatic carbocycles. The van der Waals surface area contributed by atoms with E-state index in [4.69, 9.17) is 5.11 Å². The summed E-state index contributed by atoms with van der Waals surface area (Å²) >= 11 is 0. The molecular weight excluding hydrogens is 331 g/mol. The number of benzene rings is 2. The number of hydrogen-bond donors (Lipinski definition) is 2. The number of aromatic amines is 1. The highest BCUT2D eigenvalue weighted by atomic mass is 19.1. The number of halogens is 1. The quantitative estimate of drug-likeness (QED) is 0.559. The predicted octanol–water partition coefficient (Wildman–Crippen LogP) is 4.42. The molecule has 3 aromatic rings. The van der Waals surface area contributed by atoms with Gasteiger partial charge < -0.3 is 10.1 Å². The maximum atomic E-state index is 14.0. The molecule has 0 spiro atoms. The Morgan fingerprint density at radius 1 is 1.08 bits per heavy atom. The molecule has 1 heterocycles. The van der Waals surface area contributed by atoms with E-state index in [1.54, 1.807) is 12.1 Å². The van der Waals surface area contributed by atoms with E-state index >= 15 is 0 Å². The Balaban J connectivity index is 1.58. The van der Waals surface area contributed by atoms with Crippen molar-refractivity contribution in [3.63, 3.8) is 0 Å². The first kappa shape index (κ1) is 18.3. The smallest absolute Gasteiger partial charge is 0.158 e. The van der Waals surface area contributed by atoms with Gasteiger partial charge in [0.05, 0.1) is 11.0 Å². The van der Waals surface area contributed by atoms with E-state index in [0.717, 1.165) is 54.5 Å². The molecule has 0 amide bonds. The lowest BCUT2D eigenvalue weighted by Crippen LogP contribution is -2.02. The fraction of sp³-hybridized carbons (Fsp3) is 0.333. The van der Waals surface area contributed by atoms with Gasteiger partial charge in [0.2, 0.25) is 0 Å². The summed E-state index contributed by atoms with van der Waals surface area (Å²) in [7, 11) is 0. The van der Waals surface area contributed by atoms with Crippen LogP contribution in [0.25, 0.3) is 22.2 Å². The van der Waals surface area contributed by atoms with Crippen LogP contribution in [0, 0.1) is 5.82 Å². The van der Waals surface area contributed by atoms with Crippen LogP contribution in [0.4, 0.5) is 4.39 Å². The number of carbonyl (C=O) groups is 1. The van der Waals surface area contributed by atoms with Gasteiger partial charge in [0.25, 0.3) is 0 Å². The van der Waals surface area contributed by atoms with E-state index in [1.165, 1.54) is 6.07 Å². The lowest BCUT2D eigenvalue weighted by molar-refractivity contribution is -0.121. The van der Waals surface area contributed by atoms with Crippen molar-refractivity contribution < 1.29 is 14.3 Å². The molecule has 1 aromatic heterocycles. The van der Waals surface area contributed by atoms with Gasteiger partial charge in [-0.2, -0.15) is 0 Å². The number of nitrogens with one attached hydrogen (secondary N) is 1. The normalized spacial score (nSPS) is 11.2. The van der Waals surface area contributed by atoms with E-state index in [2.05, 4.69) is 9.97 Å². The molecule has 4 nitrogen and oxygen atoms in total. The van der Waals surface area contributed by atoms with Crippen molar-refractivity contribution in [1.82, 2.24) is 9.97 Å². The number of aliphatic hydroxyl groups is 1. The maximum absolute atomic E-state index is 14.0. The summed E-state index contributed by atoms with van der Waals surface area (Å²) in [4.78, 5) is 18.9. The molecule has 5 heteroatoms. The Kier molecular flexibility index (Phi) is 6.12. The summed E-state index contributed by atoms with van der Waals surface area (Å²) in [6.07, 6.45) is 5.12. The molecule has 0 saturated heterocycles. The first-order valence-corrected chi connectivity index (χ1v) is 9.03. The van der Waals surface area contributed by atoms with Crippen LogP contribution in [0.3, 0.4) is 0 Å². The number of aryl methyl sites for hydroxylation is 1.